The smallest absolute Gasteiger partial charge is 0.338 e. The van der Waals surface area contributed by atoms with Gasteiger partial charge in [0.05, 0.1) is 19.1 Å². The molecule has 0 amide bonds. The Morgan fingerprint density at radius 3 is 2.19 bits per heavy atom. The van der Waals surface area contributed by atoms with Gasteiger partial charge in [-0.25, -0.2) is 4.79 Å². The van der Waals surface area contributed by atoms with Crippen LogP contribution in [-0.4, -0.2) is 19.0 Å². The molecule has 0 aliphatic rings. The standard InChI is InChI=1S/C17H16O4/c1-20-16(18)11-13-7-9-15(10-8-13)17(19)21-12-14-5-3-2-4-6-14/h2-10H,11-12H2,1H3. The molecule has 2 aromatic carbocycles. The Hall–Kier alpha value is -2.62. The minimum atomic E-state index is -0.386. The highest BCUT2D eigenvalue weighted by Gasteiger charge is 2.08. The van der Waals surface area contributed by atoms with Crippen LogP contribution in [0.15, 0.2) is 54.6 Å². The van der Waals surface area contributed by atoms with Crippen LogP contribution in [0, 0.1) is 0 Å². The fourth-order valence-corrected chi connectivity index (χ4v) is 1.80. The van der Waals surface area contributed by atoms with E-state index in [0.29, 0.717) is 5.56 Å². The number of ether oxygens (including phenoxy) is 2. The number of benzene rings is 2. The van der Waals surface area contributed by atoms with Gasteiger partial charge in [-0.1, -0.05) is 42.5 Å². The Bertz CT molecular complexity index is 602. The Balaban J connectivity index is 1.92. The first-order valence-electron chi connectivity index (χ1n) is 6.56. The van der Waals surface area contributed by atoms with Crippen LogP contribution in [0.2, 0.25) is 0 Å². The van der Waals surface area contributed by atoms with E-state index in [9.17, 15) is 9.59 Å². The molecule has 4 heteroatoms. The second-order valence-corrected chi connectivity index (χ2v) is 4.51. The highest BCUT2D eigenvalue weighted by Crippen LogP contribution is 2.09. The lowest BCUT2D eigenvalue weighted by Gasteiger charge is -2.06. The third-order valence-corrected chi connectivity index (χ3v) is 2.98. The van der Waals surface area contributed by atoms with Crippen molar-refractivity contribution in [2.24, 2.45) is 0 Å². The lowest BCUT2D eigenvalue weighted by atomic mass is 10.1. The highest BCUT2D eigenvalue weighted by atomic mass is 16.5. The van der Waals surface area contributed by atoms with Crippen molar-refractivity contribution in [3.8, 4) is 0 Å². The summed E-state index contributed by atoms with van der Waals surface area (Å²) in [5.41, 5.74) is 2.19. The number of rotatable bonds is 5. The van der Waals surface area contributed by atoms with Gasteiger partial charge in [-0.05, 0) is 23.3 Å². The monoisotopic (exact) mass is 284 g/mol. The zero-order valence-electron chi connectivity index (χ0n) is 11.7. The van der Waals surface area contributed by atoms with Crippen LogP contribution in [-0.2, 0) is 27.3 Å². The Labute approximate surface area is 123 Å². The van der Waals surface area contributed by atoms with E-state index in [4.69, 9.17) is 4.74 Å². The molecule has 0 spiro atoms. The zero-order valence-corrected chi connectivity index (χ0v) is 11.7. The third kappa shape index (κ3) is 4.45. The third-order valence-electron chi connectivity index (χ3n) is 2.98. The topological polar surface area (TPSA) is 52.6 Å². The summed E-state index contributed by atoms with van der Waals surface area (Å²) < 4.78 is 9.81. The average molecular weight is 284 g/mol. The maximum atomic E-state index is 11.9. The van der Waals surface area contributed by atoms with Gasteiger partial charge in [0.2, 0.25) is 0 Å². The summed E-state index contributed by atoms with van der Waals surface area (Å²) in [5, 5.41) is 0. The quantitative estimate of drug-likeness (QED) is 0.792. The van der Waals surface area contributed by atoms with Gasteiger partial charge in [0, 0.05) is 0 Å². The van der Waals surface area contributed by atoms with Gasteiger partial charge < -0.3 is 9.47 Å². The largest absolute Gasteiger partial charge is 0.469 e. The van der Waals surface area contributed by atoms with Gasteiger partial charge in [-0.15, -0.1) is 0 Å². The number of esters is 2. The molecule has 0 N–H and O–H groups in total. The second-order valence-electron chi connectivity index (χ2n) is 4.51. The molecule has 0 saturated carbocycles. The number of carbonyl (C=O) groups is 2. The number of methoxy groups -OCH3 is 1. The van der Waals surface area contributed by atoms with Gasteiger partial charge in [0.25, 0.3) is 0 Å². The van der Waals surface area contributed by atoms with Gasteiger partial charge in [-0.3, -0.25) is 4.79 Å². The van der Waals surface area contributed by atoms with E-state index in [2.05, 4.69) is 4.74 Å². The highest BCUT2D eigenvalue weighted by molar-refractivity contribution is 5.89. The molecule has 2 rings (SSSR count). The number of carbonyl (C=O) groups excluding carboxylic acids is 2. The molecule has 108 valence electrons. The van der Waals surface area contributed by atoms with E-state index in [0.717, 1.165) is 11.1 Å². The van der Waals surface area contributed by atoms with Crippen LogP contribution < -0.4 is 0 Å². The van der Waals surface area contributed by atoms with E-state index in [1.165, 1.54) is 7.11 Å². The molecule has 0 unspecified atom stereocenters. The predicted octanol–water partition coefficient (Wildman–Crippen LogP) is 2.76. The first-order chi connectivity index (χ1) is 10.2. The van der Waals surface area contributed by atoms with Crippen molar-refractivity contribution in [1.29, 1.82) is 0 Å². The van der Waals surface area contributed by atoms with Crippen LogP contribution in [0.5, 0.6) is 0 Å². The van der Waals surface area contributed by atoms with Crippen molar-refractivity contribution in [1.82, 2.24) is 0 Å². The number of hydrogen-bond acceptors (Lipinski definition) is 4. The molecule has 21 heavy (non-hydrogen) atoms. The SMILES string of the molecule is COC(=O)Cc1ccc(C(=O)OCc2ccccc2)cc1. The lowest BCUT2D eigenvalue weighted by molar-refractivity contribution is -0.139. The number of hydrogen-bond donors (Lipinski definition) is 0. The molecule has 0 fully saturated rings. The minimum Gasteiger partial charge on any atom is -0.469 e. The molecule has 2 aromatic rings. The summed E-state index contributed by atoms with van der Waals surface area (Å²) in [6.45, 7) is 0.240. The first-order valence-corrected chi connectivity index (χ1v) is 6.56. The Morgan fingerprint density at radius 1 is 0.905 bits per heavy atom. The predicted molar refractivity (Wildman–Crippen MR) is 77.7 cm³/mol. The van der Waals surface area contributed by atoms with Crippen LogP contribution in [0.25, 0.3) is 0 Å². The fraction of sp³-hybridized carbons (Fsp3) is 0.176. The summed E-state index contributed by atoms with van der Waals surface area (Å²) in [5.74, 6) is -0.696. The van der Waals surface area contributed by atoms with E-state index in [1.54, 1.807) is 24.3 Å². The van der Waals surface area contributed by atoms with Gasteiger partial charge >= 0.3 is 11.9 Å². The van der Waals surface area contributed by atoms with Crippen LogP contribution in [0.3, 0.4) is 0 Å². The molecule has 0 saturated heterocycles. The van der Waals surface area contributed by atoms with Crippen molar-refractivity contribution in [3.05, 3.63) is 71.3 Å². The maximum Gasteiger partial charge on any atom is 0.338 e. The van der Waals surface area contributed by atoms with E-state index in [1.807, 2.05) is 30.3 Å². The molecule has 0 aliphatic carbocycles. The molecule has 0 radical (unpaired) electrons. The minimum absolute atomic E-state index is 0.190. The molecular formula is C17H16O4. The van der Waals surface area contributed by atoms with Gasteiger partial charge in [-0.2, -0.15) is 0 Å². The molecule has 0 heterocycles. The maximum absolute atomic E-state index is 11.9. The Kier molecular flexibility index (Phi) is 5.10. The molecule has 0 atom stereocenters. The van der Waals surface area contributed by atoms with Crippen molar-refractivity contribution in [2.75, 3.05) is 7.11 Å². The molecule has 0 aromatic heterocycles. The normalized spacial score (nSPS) is 9.95. The van der Waals surface area contributed by atoms with Gasteiger partial charge in [0.15, 0.2) is 0 Å². The summed E-state index contributed by atoms with van der Waals surface area (Å²) in [6, 6.07) is 16.2. The van der Waals surface area contributed by atoms with Crippen LogP contribution >= 0.6 is 0 Å². The molecule has 0 aliphatic heterocycles. The zero-order chi connectivity index (χ0) is 15.1. The van der Waals surface area contributed by atoms with Crippen LogP contribution in [0.4, 0.5) is 0 Å². The van der Waals surface area contributed by atoms with Crippen LogP contribution in [0.1, 0.15) is 21.5 Å². The first kappa shape index (κ1) is 14.8. The Morgan fingerprint density at radius 2 is 1.57 bits per heavy atom. The van der Waals surface area contributed by atoms with Crippen molar-refractivity contribution in [2.45, 2.75) is 13.0 Å². The summed E-state index contributed by atoms with van der Waals surface area (Å²) in [7, 11) is 1.34. The van der Waals surface area contributed by atoms with E-state index < -0.39 is 0 Å². The second kappa shape index (κ2) is 7.24. The van der Waals surface area contributed by atoms with E-state index in [-0.39, 0.29) is 25.0 Å². The summed E-state index contributed by atoms with van der Waals surface area (Å²) >= 11 is 0. The van der Waals surface area contributed by atoms with Crippen molar-refractivity contribution >= 4 is 11.9 Å². The summed E-state index contributed by atoms with van der Waals surface area (Å²) in [6.07, 6.45) is 0.190. The lowest BCUT2D eigenvalue weighted by Crippen LogP contribution is -2.07. The van der Waals surface area contributed by atoms with Crippen molar-refractivity contribution in [3.63, 3.8) is 0 Å². The molecular weight excluding hydrogens is 268 g/mol. The van der Waals surface area contributed by atoms with Gasteiger partial charge in [0.1, 0.15) is 6.61 Å². The van der Waals surface area contributed by atoms with E-state index >= 15 is 0 Å². The van der Waals surface area contributed by atoms with Crippen molar-refractivity contribution < 1.29 is 19.1 Å². The average Bonchev–Trinajstić information content (AvgIpc) is 2.54. The molecule has 0 bridgehead atoms. The molecule has 4 nitrogen and oxygen atoms in total. The fourth-order valence-electron chi connectivity index (χ4n) is 1.80. The summed E-state index contributed by atoms with van der Waals surface area (Å²) in [4.78, 5) is 23.0.